The third-order valence-electron chi connectivity index (χ3n) is 4.94. The van der Waals surface area contributed by atoms with E-state index >= 15 is 0 Å². The van der Waals surface area contributed by atoms with Crippen molar-refractivity contribution in [1.82, 2.24) is 4.90 Å². The summed E-state index contributed by atoms with van der Waals surface area (Å²) in [5.74, 6) is 0.188. The molecule has 3 rings (SSSR count). The molecule has 0 aromatic heterocycles. The Hall–Kier alpha value is -2.17. The Morgan fingerprint density at radius 2 is 1.76 bits per heavy atom. The molecule has 1 amide bonds. The average molecular weight is 338 g/mol. The number of likely N-dealkylation sites (tertiary alicyclic amines) is 1. The number of carbonyl (C=O) groups excluding carboxylic acids is 1. The summed E-state index contributed by atoms with van der Waals surface area (Å²) >= 11 is 0. The Labute approximate surface area is 149 Å². The maximum absolute atomic E-state index is 13.1. The zero-order chi connectivity index (χ0) is 17.6. The molecule has 4 heteroatoms. The molecule has 1 fully saturated rings. The van der Waals surface area contributed by atoms with Gasteiger partial charge in [0.2, 0.25) is 5.91 Å². The number of hydrogen-bond donors (Lipinski definition) is 2. The van der Waals surface area contributed by atoms with Gasteiger partial charge in [-0.3, -0.25) is 9.69 Å². The summed E-state index contributed by atoms with van der Waals surface area (Å²) in [6.45, 7) is 3.44. The predicted octanol–water partition coefficient (Wildman–Crippen LogP) is 3.46. The normalized spacial score (nSPS) is 20.6. The van der Waals surface area contributed by atoms with Crippen LogP contribution in [0.5, 0.6) is 0 Å². The summed E-state index contributed by atoms with van der Waals surface area (Å²) in [5.41, 5.74) is 1.79. The molecule has 1 heterocycles. The number of rotatable bonds is 5. The van der Waals surface area contributed by atoms with Crippen LogP contribution in [0.3, 0.4) is 0 Å². The molecule has 1 saturated heterocycles. The third kappa shape index (κ3) is 4.47. The zero-order valence-electron chi connectivity index (χ0n) is 14.6. The van der Waals surface area contributed by atoms with Crippen molar-refractivity contribution in [3.05, 3.63) is 66.2 Å². The molecule has 0 aliphatic carbocycles. The molecule has 0 spiro atoms. The van der Waals surface area contributed by atoms with Gasteiger partial charge in [-0.05, 0) is 49.9 Å². The number of aliphatic hydroxyl groups is 1. The molecule has 2 aromatic carbocycles. The lowest BCUT2D eigenvalue weighted by Gasteiger charge is -2.38. The Morgan fingerprint density at radius 1 is 1.12 bits per heavy atom. The number of carbonyl (C=O) groups is 1. The Balaban J connectivity index is 1.84. The molecule has 25 heavy (non-hydrogen) atoms. The minimum atomic E-state index is -0.351. The van der Waals surface area contributed by atoms with Crippen molar-refractivity contribution in [3.8, 4) is 0 Å². The van der Waals surface area contributed by atoms with E-state index in [0.717, 1.165) is 37.2 Å². The van der Waals surface area contributed by atoms with Crippen molar-refractivity contribution < 1.29 is 9.90 Å². The second-order valence-electron chi connectivity index (χ2n) is 6.81. The van der Waals surface area contributed by atoms with Gasteiger partial charge in [0.05, 0.1) is 6.10 Å². The minimum Gasteiger partial charge on any atom is -0.393 e. The van der Waals surface area contributed by atoms with Crippen LogP contribution in [0.4, 0.5) is 5.69 Å². The van der Waals surface area contributed by atoms with E-state index in [1.54, 1.807) is 0 Å². The molecule has 0 radical (unpaired) electrons. The lowest BCUT2D eigenvalue weighted by molar-refractivity contribution is -0.122. The van der Waals surface area contributed by atoms with Crippen molar-refractivity contribution in [2.24, 2.45) is 5.92 Å². The van der Waals surface area contributed by atoms with Crippen LogP contribution in [0, 0.1) is 5.92 Å². The topological polar surface area (TPSA) is 52.6 Å². The van der Waals surface area contributed by atoms with Crippen molar-refractivity contribution in [1.29, 1.82) is 0 Å². The fourth-order valence-electron chi connectivity index (χ4n) is 3.56. The first kappa shape index (κ1) is 17.6. The number of anilines is 1. The van der Waals surface area contributed by atoms with Gasteiger partial charge in [-0.1, -0.05) is 48.5 Å². The van der Waals surface area contributed by atoms with Gasteiger partial charge in [-0.2, -0.15) is 0 Å². The molecule has 0 bridgehead atoms. The van der Waals surface area contributed by atoms with Crippen LogP contribution < -0.4 is 5.32 Å². The lowest BCUT2D eigenvalue weighted by Crippen LogP contribution is -2.45. The largest absolute Gasteiger partial charge is 0.393 e. The number of amides is 1. The Morgan fingerprint density at radius 3 is 2.40 bits per heavy atom. The molecule has 0 saturated carbocycles. The summed E-state index contributed by atoms with van der Waals surface area (Å²) in [7, 11) is 0. The number of nitrogens with one attached hydrogen (secondary N) is 1. The molecule has 4 nitrogen and oxygen atoms in total. The van der Waals surface area contributed by atoms with E-state index in [0.29, 0.717) is 0 Å². The summed E-state index contributed by atoms with van der Waals surface area (Å²) in [4.78, 5) is 15.3. The molecule has 3 unspecified atom stereocenters. The monoisotopic (exact) mass is 338 g/mol. The van der Waals surface area contributed by atoms with E-state index in [2.05, 4.69) is 10.2 Å². The first-order chi connectivity index (χ1) is 12.1. The summed E-state index contributed by atoms with van der Waals surface area (Å²) in [6, 6.07) is 19.1. The SMILES string of the molecule is CC(O)C1CCCN(C(C(=O)Nc2ccccc2)c2ccccc2)C1. The van der Waals surface area contributed by atoms with Gasteiger partial charge in [0.15, 0.2) is 0 Å². The van der Waals surface area contributed by atoms with Crippen LogP contribution >= 0.6 is 0 Å². The highest BCUT2D eigenvalue weighted by Crippen LogP contribution is 2.29. The number of piperidine rings is 1. The predicted molar refractivity (Wildman–Crippen MR) is 100 cm³/mol. The van der Waals surface area contributed by atoms with E-state index in [4.69, 9.17) is 0 Å². The molecule has 132 valence electrons. The molecular weight excluding hydrogens is 312 g/mol. The van der Waals surface area contributed by atoms with Gasteiger partial charge in [0.25, 0.3) is 0 Å². The highest BCUT2D eigenvalue weighted by molar-refractivity contribution is 5.95. The fraction of sp³-hybridized carbons (Fsp3) is 0.381. The molecule has 3 atom stereocenters. The van der Waals surface area contributed by atoms with Gasteiger partial charge in [-0.25, -0.2) is 0 Å². The van der Waals surface area contributed by atoms with Gasteiger partial charge < -0.3 is 10.4 Å². The van der Waals surface area contributed by atoms with Crippen LogP contribution in [0.25, 0.3) is 0 Å². The maximum Gasteiger partial charge on any atom is 0.246 e. The Kier molecular flexibility index (Phi) is 5.84. The molecule has 2 aromatic rings. The van der Waals surface area contributed by atoms with E-state index in [1.807, 2.05) is 67.6 Å². The molecule has 1 aliphatic heterocycles. The van der Waals surface area contributed by atoms with Crippen LogP contribution in [-0.4, -0.2) is 35.1 Å². The van der Waals surface area contributed by atoms with Crippen molar-refractivity contribution in [2.45, 2.75) is 31.9 Å². The van der Waals surface area contributed by atoms with E-state index in [-0.39, 0.29) is 24.0 Å². The second kappa shape index (κ2) is 8.28. The third-order valence-corrected chi connectivity index (χ3v) is 4.94. The van der Waals surface area contributed by atoms with Crippen LogP contribution in [-0.2, 0) is 4.79 Å². The van der Waals surface area contributed by atoms with Crippen molar-refractivity contribution in [2.75, 3.05) is 18.4 Å². The quantitative estimate of drug-likeness (QED) is 0.878. The number of nitrogens with zero attached hydrogens (tertiary/aromatic N) is 1. The van der Waals surface area contributed by atoms with Gasteiger partial charge >= 0.3 is 0 Å². The fourth-order valence-corrected chi connectivity index (χ4v) is 3.56. The summed E-state index contributed by atoms with van der Waals surface area (Å²) < 4.78 is 0. The Bertz CT molecular complexity index is 673. The smallest absolute Gasteiger partial charge is 0.246 e. The van der Waals surface area contributed by atoms with Crippen LogP contribution in [0.2, 0.25) is 0 Å². The van der Waals surface area contributed by atoms with Gasteiger partial charge in [-0.15, -0.1) is 0 Å². The average Bonchev–Trinajstić information content (AvgIpc) is 2.64. The van der Waals surface area contributed by atoms with Crippen LogP contribution in [0.1, 0.15) is 31.4 Å². The molecule has 2 N–H and O–H groups in total. The highest BCUT2D eigenvalue weighted by Gasteiger charge is 2.33. The number of para-hydroxylation sites is 1. The van der Waals surface area contributed by atoms with E-state index in [1.165, 1.54) is 0 Å². The second-order valence-corrected chi connectivity index (χ2v) is 6.81. The first-order valence-electron chi connectivity index (χ1n) is 8.98. The lowest BCUT2D eigenvalue weighted by atomic mass is 9.91. The van der Waals surface area contributed by atoms with Gasteiger partial charge in [0.1, 0.15) is 6.04 Å². The summed E-state index contributed by atoms with van der Waals surface area (Å²) in [6.07, 6.45) is 1.66. The van der Waals surface area contributed by atoms with Gasteiger partial charge in [0, 0.05) is 12.2 Å². The molecule has 1 aliphatic rings. The van der Waals surface area contributed by atoms with Crippen molar-refractivity contribution >= 4 is 11.6 Å². The van der Waals surface area contributed by atoms with E-state index in [9.17, 15) is 9.90 Å². The number of hydrogen-bond acceptors (Lipinski definition) is 3. The maximum atomic E-state index is 13.1. The highest BCUT2D eigenvalue weighted by atomic mass is 16.3. The zero-order valence-corrected chi connectivity index (χ0v) is 14.6. The first-order valence-corrected chi connectivity index (χ1v) is 8.98. The van der Waals surface area contributed by atoms with E-state index < -0.39 is 0 Å². The number of aliphatic hydroxyl groups excluding tert-OH is 1. The van der Waals surface area contributed by atoms with Crippen molar-refractivity contribution in [3.63, 3.8) is 0 Å². The minimum absolute atomic E-state index is 0.0244. The standard InChI is InChI=1S/C21H26N2O2/c1-16(24)18-11-8-14-23(15-18)20(17-9-4-2-5-10-17)21(25)22-19-12-6-3-7-13-19/h2-7,9-10,12-13,16,18,20,24H,8,11,14-15H2,1H3,(H,22,25). The summed E-state index contributed by atoms with van der Waals surface area (Å²) in [5, 5.41) is 13.0. The molecular formula is C21H26N2O2. The van der Waals surface area contributed by atoms with Crippen LogP contribution in [0.15, 0.2) is 60.7 Å². The number of benzene rings is 2.